The molecule has 0 unspecified atom stereocenters. The molecule has 0 atom stereocenters. The van der Waals surface area contributed by atoms with Gasteiger partial charge in [-0.3, -0.25) is 0 Å². The normalized spacial score (nSPS) is 9.83. The van der Waals surface area contributed by atoms with Crippen molar-refractivity contribution in [3.05, 3.63) is 15.8 Å². The van der Waals surface area contributed by atoms with E-state index in [1.165, 1.54) is 18.4 Å². The summed E-state index contributed by atoms with van der Waals surface area (Å²) in [5.74, 6) is -0.419. The number of carboxylic acid groups (broad SMARTS) is 1. The fraction of sp³-hybridized carbons (Fsp3) is 0.375. The minimum Gasteiger partial charge on any atom is -0.495 e. The van der Waals surface area contributed by atoms with Crippen LogP contribution in [0.1, 0.15) is 22.2 Å². The zero-order valence-electron chi connectivity index (χ0n) is 6.96. The van der Waals surface area contributed by atoms with Crippen LogP contribution in [0, 0.1) is 0 Å². The Bertz CT molecular complexity index is 290. The molecule has 1 rings (SSSR count). The van der Waals surface area contributed by atoms with Gasteiger partial charge in [0.15, 0.2) is 0 Å². The minimum atomic E-state index is -0.928. The van der Waals surface area contributed by atoms with Gasteiger partial charge in [-0.2, -0.15) is 0 Å². The van der Waals surface area contributed by atoms with Crippen molar-refractivity contribution in [2.24, 2.45) is 0 Å². The average Bonchev–Trinajstić information content (AvgIpc) is 2.46. The highest BCUT2D eigenvalue weighted by molar-refractivity contribution is 7.10. The summed E-state index contributed by atoms with van der Waals surface area (Å²) in [5, 5.41) is 10.3. The fourth-order valence-corrected chi connectivity index (χ4v) is 1.94. The van der Waals surface area contributed by atoms with Crippen LogP contribution < -0.4 is 4.74 Å². The molecule has 0 amide bonds. The van der Waals surface area contributed by atoms with Gasteiger partial charge in [0, 0.05) is 10.3 Å². The number of aryl methyl sites for hydroxylation is 1. The lowest BCUT2D eigenvalue weighted by molar-refractivity contribution is 0.0694. The first-order valence-electron chi connectivity index (χ1n) is 3.58. The Labute approximate surface area is 74.6 Å². The number of carbonyl (C=O) groups is 1. The molecule has 0 bridgehead atoms. The van der Waals surface area contributed by atoms with E-state index >= 15 is 0 Å². The van der Waals surface area contributed by atoms with E-state index in [-0.39, 0.29) is 5.56 Å². The topological polar surface area (TPSA) is 46.5 Å². The summed E-state index contributed by atoms with van der Waals surface area (Å²) in [5.41, 5.74) is 0.263. The molecular formula is C8H10O3S. The molecule has 0 aromatic carbocycles. The van der Waals surface area contributed by atoms with Gasteiger partial charge in [-0.25, -0.2) is 4.79 Å². The fourth-order valence-electron chi connectivity index (χ4n) is 1.00. The molecule has 0 aliphatic carbocycles. The summed E-state index contributed by atoms with van der Waals surface area (Å²) in [6.07, 6.45) is 0.807. The van der Waals surface area contributed by atoms with Crippen molar-refractivity contribution in [1.82, 2.24) is 0 Å². The molecule has 0 aliphatic rings. The molecule has 12 heavy (non-hydrogen) atoms. The highest BCUT2D eigenvalue weighted by Gasteiger charge is 2.15. The molecule has 1 N–H and O–H groups in total. The molecule has 0 spiro atoms. The van der Waals surface area contributed by atoms with Crippen LogP contribution >= 0.6 is 11.3 Å². The molecule has 1 aromatic rings. The predicted octanol–water partition coefficient (Wildman–Crippen LogP) is 2.02. The second kappa shape index (κ2) is 3.58. The Morgan fingerprint density at radius 3 is 2.83 bits per heavy atom. The van der Waals surface area contributed by atoms with Gasteiger partial charge in [-0.1, -0.05) is 6.92 Å². The molecule has 1 aromatic heterocycles. The van der Waals surface area contributed by atoms with Crippen molar-refractivity contribution in [3.63, 3.8) is 0 Å². The summed E-state index contributed by atoms with van der Waals surface area (Å²) in [7, 11) is 1.49. The third-order valence-corrected chi connectivity index (χ3v) is 2.68. The summed E-state index contributed by atoms with van der Waals surface area (Å²) in [4.78, 5) is 11.6. The van der Waals surface area contributed by atoms with Crippen LogP contribution in [0.4, 0.5) is 0 Å². The first-order valence-corrected chi connectivity index (χ1v) is 4.46. The van der Waals surface area contributed by atoms with Gasteiger partial charge in [0.05, 0.1) is 7.11 Å². The molecule has 0 aliphatic heterocycles. The first-order chi connectivity index (χ1) is 5.70. The molecule has 0 fully saturated rings. The Morgan fingerprint density at radius 1 is 1.75 bits per heavy atom. The minimum absolute atomic E-state index is 0.263. The standard InChI is InChI=1S/C8H10O3S/c1-3-6-7(11-2)5(4-12-6)8(9)10/h4H,3H2,1-2H3,(H,9,10). The number of carboxylic acids is 1. The van der Waals surface area contributed by atoms with Gasteiger partial charge in [0.25, 0.3) is 0 Å². The van der Waals surface area contributed by atoms with Crippen LogP contribution in [0.3, 0.4) is 0 Å². The molecule has 1 heterocycles. The van der Waals surface area contributed by atoms with Crippen LogP contribution in [0.2, 0.25) is 0 Å². The third-order valence-electron chi connectivity index (χ3n) is 1.57. The van der Waals surface area contributed by atoms with E-state index in [1.807, 2.05) is 6.92 Å². The van der Waals surface area contributed by atoms with Crippen molar-refractivity contribution < 1.29 is 14.6 Å². The van der Waals surface area contributed by atoms with Gasteiger partial charge in [0.1, 0.15) is 11.3 Å². The number of methoxy groups -OCH3 is 1. The Hall–Kier alpha value is -1.03. The van der Waals surface area contributed by atoms with E-state index < -0.39 is 5.97 Å². The lowest BCUT2D eigenvalue weighted by atomic mass is 10.2. The Kier molecular flexibility index (Phi) is 2.70. The van der Waals surface area contributed by atoms with Crippen LogP contribution in [-0.4, -0.2) is 18.2 Å². The van der Waals surface area contributed by atoms with E-state index in [4.69, 9.17) is 9.84 Å². The maximum Gasteiger partial charge on any atom is 0.340 e. The smallest absolute Gasteiger partial charge is 0.340 e. The van der Waals surface area contributed by atoms with Crippen molar-refractivity contribution in [1.29, 1.82) is 0 Å². The largest absolute Gasteiger partial charge is 0.495 e. The van der Waals surface area contributed by atoms with Gasteiger partial charge in [0.2, 0.25) is 0 Å². The van der Waals surface area contributed by atoms with Crippen molar-refractivity contribution >= 4 is 17.3 Å². The van der Waals surface area contributed by atoms with Crippen LogP contribution in [0.25, 0.3) is 0 Å². The van der Waals surface area contributed by atoms with E-state index in [0.29, 0.717) is 5.75 Å². The molecule has 0 radical (unpaired) electrons. The van der Waals surface area contributed by atoms with Crippen LogP contribution in [-0.2, 0) is 6.42 Å². The first kappa shape index (κ1) is 9.06. The summed E-state index contributed by atoms with van der Waals surface area (Å²) < 4.78 is 5.00. The van der Waals surface area contributed by atoms with E-state index in [1.54, 1.807) is 5.38 Å². The van der Waals surface area contributed by atoms with Gasteiger partial charge >= 0.3 is 5.97 Å². The lowest BCUT2D eigenvalue weighted by Crippen LogP contribution is -1.97. The van der Waals surface area contributed by atoms with Crippen LogP contribution in [0.5, 0.6) is 5.75 Å². The van der Waals surface area contributed by atoms with E-state index in [0.717, 1.165) is 11.3 Å². The SMILES string of the molecule is CCc1scc(C(=O)O)c1OC. The van der Waals surface area contributed by atoms with Gasteiger partial charge in [-0.15, -0.1) is 11.3 Å². The molecule has 0 saturated heterocycles. The quantitative estimate of drug-likeness (QED) is 0.785. The molecule has 3 nitrogen and oxygen atoms in total. The van der Waals surface area contributed by atoms with Crippen molar-refractivity contribution in [3.8, 4) is 5.75 Å². The summed E-state index contributed by atoms with van der Waals surface area (Å²) in [6, 6.07) is 0. The van der Waals surface area contributed by atoms with E-state index in [2.05, 4.69) is 0 Å². The second-order valence-corrected chi connectivity index (χ2v) is 3.23. The highest BCUT2D eigenvalue weighted by atomic mass is 32.1. The zero-order valence-corrected chi connectivity index (χ0v) is 7.77. The molecule has 0 saturated carbocycles. The second-order valence-electron chi connectivity index (χ2n) is 2.26. The number of hydrogen-bond acceptors (Lipinski definition) is 3. The lowest BCUT2D eigenvalue weighted by Gasteiger charge is -2.00. The summed E-state index contributed by atoms with van der Waals surface area (Å²) >= 11 is 1.42. The Morgan fingerprint density at radius 2 is 2.42 bits per heavy atom. The molecule has 4 heteroatoms. The van der Waals surface area contributed by atoms with Crippen molar-refractivity contribution in [2.45, 2.75) is 13.3 Å². The Balaban J connectivity index is 3.13. The average molecular weight is 186 g/mol. The number of hydrogen-bond donors (Lipinski definition) is 1. The number of aromatic carboxylic acids is 1. The monoisotopic (exact) mass is 186 g/mol. The molecule has 66 valence electrons. The van der Waals surface area contributed by atoms with Crippen molar-refractivity contribution in [2.75, 3.05) is 7.11 Å². The third kappa shape index (κ3) is 1.43. The highest BCUT2D eigenvalue weighted by Crippen LogP contribution is 2.30. The zero-order chi connectivity index (χ0) is 9.14. The van der Waals surface area contributed by atoms with Gasteiger partial charge in [-0.05, 0) is 6.42 Å². The number of ether oxygens (including phenoxy) is 1. The number of rotatable bonds is 3. The number of thiophene rings is 1. The van der Waals surface area contributed by atoms with Gasteiger partial charge < -0.3 is 9.84 Å². The van der Waals surface area contributed by atoms with E-state index in [9.17, 15) is 4.79 Å². The van der Waals surface area contributed by atoms with Crippen LogP contribution in [0.15, 0.2) is 5.38 Å². The molecular weight excluding hydrogens is 176 g/mol. The predicted molar refractivity (Wildman–Crippen MR) is 47.2 cm³/mol. The maximum atomic E-state index is 10.6. The maximum absolute atomic E-state index is 10.6. The summed E-state index contributed by atoms with van der Waals surface area (Å²) in [6.45, 7) is 1.97.